The lowest BCUT2D eigenvalue weighted by Crippen LogP contribution is -2.13. The zero-order valence-electron chi connectivity index (χ0n) is 17.0. The quantitative estimate of drug-likeness (QED) is 0.201. The molecule has 0 saturated heterocycles. The van der Waals surface area contributed by atoms with E-state index in [0.29, 0.717) is 28.4 Å². The Morgan fingerprint density at radius 2 is 1.67 bits per heavy atom. The summed E-state index contributed by atoms with van der Waals surface area (Å²) in [6.45, 7) is 1.03. The van der Waals surface area contributed by atoms with E-state index in [0.717, 1.165) is 12.1 Å². The summed E-state index contributed by atoms with van der Waals surface area (Å²) < 4.78 is 20.6. The van der Waals surface area contributed by atoms with E-state index in [1.165, 1.54) is 39.5 Å². The number of nitro benzene ring substituents is 1. The van der Waals surface area contributed by atoms with Crippen LogP contribution < -0.4 is 14.2 Å². The van der Waals surface area contributed by atoms with E-state index in [4.69, 9.17) is 18.9 Å². The van der Waals surface area contributed by atoms with E-state index in [2.05, 4.69) is 0 Å². The van der Waals surface area contributed by atoms with E-state index in [1.54, 1.807) is 19.1 Å². The van der Waals surface area contributed by atoms with Crippen LogP contribution in [0.15, 0.2) is 36.4 Å². The van der Waals surface area contributed by atoms with Gasteiger partial charge < -0.3 is 18.9 Å². The molecular weight excluding hydrogens is 394 g/mol. The van der Waals surface area contributed by atoms with Crippen LogP contribution in [0.5, 0.6) is 17.2 Å². The van der Waals surface area contributed by atoms with Crippen molar-refractivity contribution in [3.8, 4) is 17.2 Å². The van der Waals surface area contributed by atoms with Gasteiger partial charge >= 0.3 is 5.97 Å². The van der Waals surface area contributed by atoms with Gasteiger partial charge in [-0.15, -0.1) is 0 Å². The molecule has 0 aromatic heterocycles. The Morgan fingerprint density at radius 1 is 1.03 bits per heavy atom. The van der Waals surface area contributed by atoms with Crippen molar-refractivity contribution in [3.63, 3.8) is 0 Å². The lowest BCUT2D eigenvalue weighted by atomic mass is 10.1. The smallest absolute Gasteiger partial charge is 0.331 e. The summed E-state index contributed by atoms with van der Waals surface area (Å²) in [6.07, 6.45) is 2.61. The number of ketones is 1. The first-order valence-electron chi connectivity index (χ1n) is 8.73. The SMILES string of the molecule is COc1cc(/C=C/C(=O)OCC(=O)c2ccc(C)c([N+](=O)[O-])c2)cc(OC)c1OC. The summed E-state index contributed by atoms with van der Waals surface area (Å²) in [6, 6.07) is 7.36. The van der Waals surface area contributed by atoms with Crippen molar-refractivity contribution in [1.82, 2.24) is 0 Å². The number of carbonyl (C=O) groups is 2. The fourth-order valence-corrected chi connectivity index (χ4v) is 2.61. The molecule has 0 fully saturated rings. The van der Waals surface area contributed by atoms with Gasteiger partial charge in [-0.1, -0.05) is 12.1 Å². The minimum Gasteiger partial charge on any atom is -0.493 e. The second-order valence-corrected chi connectivity index (χ2v) is 6.08. The molecule has 0 bridgehead atoms. The molecule has 0 heterocycles. The van der Waals surface area contributed by atoms with Gasteiger partial charge in [-0.3, -0.25) is 14.9 Å². The number of carbonyl (C=O) groups excluding carboxylic acids is 2. The van der Waals surface area contributed by atoms with Crippen molar-refractivity contribution in [2.75, 3.05) is 27.9 Å². The maximum Gasteiger partial charge on any atom is 0.331 e. The Labute approximate surface area is 173 Å². The Bertz CT molecular complexity index is 971. The molecule has 2 aromatic carbocycles. The molecule has 0 atom stereocenters. The fraction of sp³-hybridized carbons (Fsp3) is 0.238. The van der Waals surface area contributed by atoms with Crippen LogP contribution in [0, 0.1) is 17.0 Å². The summed E-state index contributed by atoms with van der Waals surface area (Å²) in [5.74, 6) is -0.0501. The molecule has 30 heavy (non-hydrogen) atoms. The molecule has 0 aliphatic heterocycles. The third kappa shape index (κ3) is 5.34. The first kappa shape index (κ1) is 22.4. The summed E-state index contributed by atoms with van der Waals surface area (Å²) in [5, 5.41) is 11.0. The first-order valence-corrected chi connectivity index (χ1v) is 8.73. The van der Waals surface area contributed by atoms with Gasteiger partial charge in [-0.05, 0) is 30.7 Å². The van der Waals surface area contributed by atoms with Crippen molar-refractivity contribution in [2.45, 2.75) is 6.92 Å². The molecule has 0 aliphatic rings. The van der Waals surface area contributed by atoms with Crippen LogP contribution >= 0.6 is 0 Å². The largest absolute Gasteiger partial charge is 0.493 e. The van der Waals surface area contributed by atoms with Crippen molar-refractivity contribution in [2.24, 2.45) is 0 Å². The summed E-state index contributed by atoms with van der Waals surface area (Å²) in [5.41, 5.74) is 0.937. The highest BCUT2D eigenvalue weighted by molar-refractivity contribution is 5.99. The number of benzene rings is 2. The molecule has 158 valence electrons. The second kappa shape index (κ2) is 10.1. The predicted molar refractivity (Wildman–Crippen MR) is 108 cm³/mol. The lowest BCUT2D eigenvalue weighted by molar-refractivity contribution is -0.385. The maximum atomic E-state index is 12.2. The maximum absolute atomic E-state index is 12.2. The predicted octanol–water partition coefficient (Wildman–Crippen LogP) is 3.37. The highest BCUT2D eigenvalue weighted by Gasteiger charge is 2.16. The Morgan fingerprint density at radius 3 is 2.20 bits per heavy atom. The van der Waals surface area contributed by atoms with Gasteiger partial charge in [0.2, 0.25) is 11.5 Å². The number of hydrogen-bond donors (Lipinski definition) is 0. The number of hydrogen-bond acceptors (Lipinski definition) is 8. The van der Waals surface area contributed by atoms with Gasteiger partial charge in [0.05, 0.1) is 26.3 Å². The molecule has 0 radical (unpaired) electrons. The van der Waals surface area contributed by atoms with E-state index in [1.807, 2.05) is 0 Å². The zero-order chi connectivity index (χ0) is 22.3. The van der Waals surface area contributed by atoms with Crippen LogP contribution in [0.4, 0.5) is 5.69 Å². The molecule has 9 nitrogen and oxygen atoms in total. The molecule has 0 saturated carbocycles. The van der Waals surface area contributed by atoms with Gasteiger partial charge in [-0.25, -0.2) is 4.79 Å². The zero-order valence-corrected chi connectivity index (χ0v) is 17.0. The number of aryl methyl sites for hydroxylation is 1. The number of esters is 1. The molecule has 9 heteroatoms. The van der Waals surface area contributed by atoms with Gasteiger partial charge in [0, 0.05) is 23.3 Å². The van der Waals surface area contributed by atoms with E-state index in [-0.39, 0.29) is 11.3 Å². The third-order valence-electron chi connectivity index (χ3n) is 4.17. The van der Waals surface area contributed by atoms with Gasteiger partial charge in [0.25, 0.3) is 5.69 Å². The van der Waals surface area contributed by atoms with Crippen LogP contribution in [0.25, 0.3) is 6.08 Å². The van der Waals surface area contributed by atoms with E-state index >= 15 is 0 Å². The third-order valence-corrected chi connectivity index (χ3v) is 4.17. The Hall–Kier alpha value is -3.88. The van der Waals surface area contributed by atoms with Crippen LogP contribution in [-0.4, -0.2) is 44.6 Å². The summed E-state index contributed by atoms with van der Waals surface area (Å²) in [4.78, 5) is 34.6. The minimum atomic E-state index is -0.751. The van der Waals surface area contributed by atoms with E-state index in [9.17, 15) is 19.7 Å². The number of ether oxygens (including phenoxy) is 4. The average Bonchev–Trinajstić information content (AvgIpc) is 2.75. The average molecular weight is 415 g/mol. The molecule has 2 aromatic rings. The molecule has 0 spiro atoms. The summed E-state index contributed by atoms with van der Waals surface area (Å²) >= 11 is 0. The molecule has 0 aliphatic carbocycles. The lowest BCUT2D eigenvalue weighted by Gasteiger charge is -2.12. The van der Waals surface area contributed by atoms with Gasteiger partial charge in [-0.2, -0.15) is 0 Å². The highest BCUT2D eigenvalue weighted by atomic mass is 16.6. The standard InChI is InChI=1S/C21H21NO8/c1-13-5-7-15(11-16(13)22(25)26)17(23)12-30-20(24)8-6-14-9-18(27-2)21(29-4)19(10-14)28-3/h5-11H,12H2,1-4H3/b8-6+. The molecule has 0 N–H and O–H groups in total. The van der Waals surface area contributed by atoms with Gasteiger partial charge in [0.15, 0.2) is 18.1 Å². The topological polar surface area (TPSA) is 114 Å². The summed E-state index contributed by atoms with van der Waals surface area (Å²) in [7, 11) is 4.42. The second-order valence-electron chi connectivity index (χ2n) is 6.08. The van der Waals surface area contributed by atoms with Crippen molar-refractivity contribution >= 4 is 23.5 Å². The number of nitrogens with zero attached hydrogens (tertiary/aromatic N) is 1. The van der Waals surface area contributed by atoms with E-state index < -0.39 is 23.3 Å². The Kier molecular flexibility index (Phi) is 7.51. The van der Waals surface area contributed by atoms with Crippen LogP contribution in [0.2, 0.25) is 0 Å². The van der Waals surface area contributed by atoms with Crippen LogP contribution in [-0.2, 0) is 9.53 Å². The van der Waals surface area contributed by atoms with Crippen LogP contribution in [0.1, 0.15) is 21.5 Å². The highest BCUT2D eigenvalue weighted by Crippen LogP contribution is 2.38. The molecule has 0 amide bonds. The Balaban J connectivity index is 2.06. The van der Waals surface area contributed by atoms with Crippen LogP contribution in [0.3, 0.4) is 0 Å². The number of methoxy groups -OCH3 is 3. The molecule has 2 rings (SSSR count). The number of Topliss-reactive ketones (excluding diaryl/α,β-unsaturated/α-hetero) is 1. The normalized spacial score (nSPS) is 10.5. The molecular formula is C21H21NO8. The fourth-order valence-electron chi connectivity index (χ4n) is 2.61. The van der Waals surface area contributed by atoms with Crippen molar-refractivity contribution < 1.29 is 33.5 Å². The number of rotatable bonds is 9. The monoisotopic (exact) mass is 415 g/mol. The van der Waals surface area contributed by atoms with Crippen molar-refractivity contribution in [3.05, 3.63) is 63.2 Å². The first-order chi connectivity index (χ1) is 14.3. The minimum absolute atomic E-state index is 0.0914. The van der Waals surface area contributed by atoms with Gasteiger partial charge in [0.1, 0.15) is 0 Å². The molecule has 0 unspecified atom stereocenters. The van der Waals surface area contributed by atoms with Crippen molar-refractivity contribution in [1.29, 1.82) is 0 Å². The number of nitro groups is 1.